The highest BCUT2D eigenvalue weighted by molar-refractivity contribution is 5.51. The number of nitrogens with zero attached hydrogens (tertiary/aromatic N) is 4. The molecule has 0 saturated carbocycles. The Balaban J connectivity index is 1.97. The monoisotopic (exact) mass is 324 g/mol. The maximum absolute atomic E-state index is 10.9. The smallest absolute Gasteiger partial charge is 0.273 e. The van der Waals surface area contributed by atoms with Crippen LogP contribution in [0.2, 0.25) is 0 Å². The maximum atomic E-state index is 10.9. The quantitative estimate of drug-likeness (QED) is 0.524. The second-order valence-electron chi connectivity index (χ2n) is 4.64. The van der Waals surface area contributed by atoms with Crippen molar-refractivity contribution < 1.29 is 14.4 Å². The number of hydrogen-bond donors (Lipinski definition) is 0. The van der Waals surface area contributed by atoms with Crippen LogP contribution in [0.3, 0.4) is 0 Å². The Kier molecular flexibility index (Phi) is 4.28. The molecule has 0 saturated heterocycles. The van der Waals surface area contributed by atoms with E-state index in [0.29, 0.717) is 17.3 Å². The van der Waals surface area contributed by atoms with Crippen molar-refractivity contribution in [1.82, 2.24) is 15.0 Å². The molecule has 8 nitrogen and oxygen atoms in total. The van der Waals surface area contributed by atoms with E-state index in [4.69, 9.17) is 9.47 Å². The number of nitro benzene ring substituents is 1. The summed E-state index contributed by atoms with van der Waals surface area (Å²) in [6.45, 7) is 0. The molecule has 0 radical (unpaired) electrons. The van der Waals surface area contributed by atoms with Crippen molar-refractivity contribution in [3.8, 4) is 28.9 Å². The van der Waals surface area contributed by atoms with E-state index in [1.807, 2.05) is 6.07 Å². The topological polar surface area (TPSA) is 100 Å². The zero-order valence-corrected chi connectivity index (χ0v) is 12.6. The van der Waals surface area contributed by atoms with E-state index < -0.39 is 4.92 Å². The number of pyridine rings is 1. The fourth-order valence-electron chi connectivity index (χ4n) is 1.96. The van der Waals surface area contributed by atoms with Gasteiger partial charge in [0.2, 0.25) is 0 Å². The zero-order chi connectivity index (χ0) is 16.9. The van der Waals surface area contributed by atoms with Gasteiger partial charge in [0.05, 0.1) is 24.3 Å². The molecule has 8 heteroatoms. The van der Waals surface area contributed by atoms with Gasteiger partial charge in [0.25, 0.3) is 11.6 Å². The summed E-state index contributed by atoms with van der Waals surface area (Å²) < 4.78 is 10.8. The minimum absolute atomic E-state index is 0.0783. The number of non-ortho nitro benzene ring substituents is 1. The number of hydrogen-bond acceptors (Lipinski definition) is 7. The van der Waals surface area contributed by atoms with Gasteiger partial charge in [-0.3, -0.25) is 15.1 Å². The largest absolute Gasteiger partial charge is 0.490 e. The van der Waals surface area contributed by atoms with Crippen LogP contribution in [0.25, 0.3) is 11.5 Å². The Morgan fingerprint density at radius 2 is 2.00 bits per heavy atom. The van der Waals surface area contributed by atoms with Gasteiger partial charge in [-0.2, -0.15) is 4.98 Å². The molecule has 0 fully saturated rings. The van der Waals surface area contributed by atoms with Crippen molar-refractivity contribution in [2.75, 3.05) is 7.11 Å². The van der Waals surface area contributed by atoms with Crippen molar-refractivity contribution in [3.05, 3.63) is 65.0 Å². The van der Waals surface area contributed by atoms with Gasteiger partial charge in [-0.25, -0.2) is 4.98 Å². The lowest BCUT2D eigenvalue weighted by Crippen LogP contribution is -1.98. The van der Waals surface area contributed by atoms with Crippen LogP contribution >= 0.6 is 0 Å². The van der Waals surface area contributed by atoms with Gasteiger partial charge in [0.15, 0.2) is 11.6 Å². The number of ether oxygens (including phenoxy) is 2. The minimum Gasteiger partial charge on any atom is -0.490 e. The Labute approximate surface area is 136 Å². The van der Waals surface area contributed by atoms with Crippen LogP contribution in [-0.4, -0.2) is 27.0 Å². The molecule has 2 heterocycles. The first-order valence-corrected chi connectivity index (χ1v) is 6.92. The lowest BCUT2D eigenvalue weighted by molar-refractivity contribution is -0.384. The van der Waals surface area contributed by atoms with Gasteiger partial charge in [-0.1, -0.05) is 12.1 Å². The normalized spacial score (nSPS) is 10.2. The van der Waals surface area contributed by atoms with E-state index in [1.165, 1.54) is 31.5 Å². The molecule has 0 spiro atoms. The molecule has 1 aromatic carbocycles. The SMILES string of the molecule is COc1cnc(-c2ccccn2)nc1Oc1cccc([N+](=O)[O-])c1. The number of methoxy groups -OCH3 is 1. The predicted octanol–water partition coefficient (Wildman–Crippen LogP) is 3.25. The summed E-state index contributed by atoms with van der Waals surface area (Å²) in [5, 5.41) is 10.9. The molecular formula is C16H12N4O4. The molecule has 0 aliphatic rings. The van der Waals surface area contributed by atoms with Crippen molar-refractivity contribution in [3.63, 3.8) is 0 Å². The highest BCUT2D eigenvalue weighted by atomic mass is 16.6. The summed E-state index contributed by atoms with van der Waals surface area (Å²) in [6.07, 6.45) is 3.09. The summed E-state index contributed by atoms with van der Waals surface area (Å²) >= 11 is 0. The highest BCUT2D eigenvalue weighted by Crippen LogP contribution is 2.31. The van der Waals surface area contributed by atoms with Gasteiger partial charge in [-0.05, 0) is 18.2 Å². The lowest BCUT2D eigenvalue weighted by atomic mass is 10.3. The van der Waals surface area contributed by atoms with E-state index in [0.717, 1.165) is 0 Å². The van der Waals surface area contributed by atoms with Crippen molar-refractivity contribution in [2.45, 2.75) is 0 Å². The van der Waals surface area contributed by atoms with Crippen LogP contribution in [-0.2, 0) is 0 Å². The zero-order valence-electron chi connectivity index (χ0n) is 12.6. The first-order chi connectivity index (χ1) is 11.7. The van der Waals surface area contributed by atoms with Crippen molar-refractivity contribution in [1.29, 1.82) is 0 Å². The molecule has 120 valence electrons. The third-order valence-electron chi connectivity index (χ3n) is 3.08. The Hall–Kier alpha value is -3.55. The number of rotatable bonds is 5. The Morgan fingerprint density at radius 3 is 2.71 bits per heavy atom. The van der Waals surface area contributed by atoms with E-state index in [9.17, 15) is 10.1 Å². The van der Waals surface area contributed by atoms with Crippen molar-refractivity contribution in [2.24, 2.45) is 0 Å². The van der Waals surface area contributed by atoms with Gasteiger partial charge in [0.1, 0.15) is 11.4 Å². The van der Waals surface area contributed by atoms with Crippen LogP contribution in [0, 0.1) is 10.1 Å². The van der Waals surface area contributed by atoms with Crippen LogP contribution < -0.4 is 9.47 Å². The lowest BCUT2D eigenvalue weighted by Gasteiger charge is -2.10. The number of benzene rings is 1. The molecular weight excluding hydrogens is 312 g/mol. The molecule has 0 N–H and O–H groups in total. The van der Waals surface area contributed by atoms with Crippen molar-refractivity contribution >= 4 is 5.69 Å². The first kappa shape index (κ1) is 15.3. The fraction of sp³-hybridized carbons (Fsp3) is 0.0625. The third-order valence-corrected chi connectivity index (χ3v) is 3.08. The predicted molar refractivity (Wildman–Crippen MR) is 85.0 cm³/mol. The maximum Gasteiger partial charge on any atom is 0.273 e. The average Bonchev–Trinajstić information content (AvgIpc) is 2.62. The molecule has 0 aliphatic carbocycles. The second-order valence-corrected chi connectivity index (χ2v) is 4.64. The standard InChI is InChI=1S/C16H12N4O4/c1-23-14-10-18-15(13-7-2-3-8-17-13)19-16(14)24-12-6-4-5-11(9-12)20(21)22/h2-10H,1H3. The van der Waals surface area contributed by atoms with E-state index in [1.54, 1.807) is 24.4 Å². The van der Waals surface area contributed by atoms with E-state index in [2.05, 4.69) is 15.0 Å². The number of aromatic nitrogens is 3. The van der Waals surface area contributed by atoms with Crippen LogP contribution in [0.1, 0.15) is 0 Å². The summed E-state index contributed by atoms with van der Waals surface area (Å²) in [4.78, 5) is 23.0. The molecule has 3 aromatic rings. The third kappa shape index (κ3) is 3.27. The number of nitro groups is 1. The molecule has 0 bridgehead atoms. The average molecular weight is 324 g/mol. The Morgan fingerprint density at radius 1 is 1.12 bits per heavy atom. The fourth-order valence-corrected chi connectivity index (χ4v) is 1.96. The highest BCUT2D eigenvalue weighted by Gasteiger charge is 2.14. The van der Waals surface area contributed by atoms with Crippen LogP contribution in [0.4, 0.5) is 5.69 Å². The molecule has 0 aliphatic heterocycles. The molecule has 0 amide bonds. The molecule has 0 unspecified atom stereocenters. The van der Waals surface area contributed by atoms with E-state index in [-0.39, 0.29) is 17.3 Å². The van der Waals surface area contributed by atoms with Gasteiger partial charge < -0.3 is 9.47 Å². The van der Waals surface area contributed by atoms with Crippen LogP contribution in [0.15, 0.2) is 54.9 Å². The summed E-state index contributed by atoms with van der Waals surface area (Å²) in [5.41, 5.74) is 0.495. The van der Waals surface area contributed by atoms with E-state index >= 15 is 0 Å². The summed E-state index contributed by atoms with van der Waals surface area (Å²) in [7, 11) is 1.46. The molecule has 24 heavy (non-hydrogen) atoms. The molecule has 3 rings (SSSR count). The van der Waals surface area contributed by atoms with Gasteiger partial charge >= 0.3 is 0 Å². The summed E-state index contributed by atoms with van der Waals surface area (Å²) in [6, 6.07) is 11.2. The van der Waals surface area contributed by atoms with Gasteiger partial charge in [-0.15, -0.1) is 0 Å². The van der Waals surface area contributed by atoms with Gasteiger partial charge in [0, 0.05) is 12.3 Å². The molecule has 0 atom stereocenters. The molecule has 2 aromatic heterocycles. The summed E-state index contributed by atoms with van der Waals surface area (Å²) in [5.74, 6) is 1.08. The van der Waals surface area contributed by atoms with Crippen LogP contribution in [0.5, 0.6) is 17.4 Å². The Bertz CT molecular complexity index is 871. The minimum atomic E-state index is -0.497. The second kappa shape index (κ2) is 6.69. The first-order valence-electron chi connectivity index (χ1n) is 6.92.